The summed E-state index contributed by atoms with van der Waals surface area (Å²) < 4.78 is 14.2. The van der Waals surface area contributed by atoms with E-state index < -0.39 is 6.10 Å². The zero-order chi connectivity index (χ0) is 13.1. The normalized spacial score (nSPS) is 12.2. The number of hydrogen-bond donors (Lipinski definition) is 1. The smallest absolute Gasteiger partial charge is 0.122 e. The van der Waals surface area contributed by atoms with Gasteiger partial charge in [-0.3, -0.25) is 0 Å². The minimum atomic E-state index is -0.769. The highest BCUT2D eigenvalue weighted by atomic mass is 32.1. The second-order valence-corrected chi connectivity index (χ2v) is 4.56. The maximum atomic E-state index is 10.3. The Morgan fingerprint density at radius 1 is 1.17 bits per heavy atom. The maximum Gasteiger partial charge on any atom is 0.122 e. The van der Waals surface area contributed by atoms with E-state index in [4.69, 9.17) is 9.47 Å². The van der Waals surface area contributed by atoms with Crippen molar-refractivity contribution >= 4 is 11.5 Å². The lowest BCUT2D eigenvalue weighted by atomic mass is 10.1. The summed E-state index contributed by atoms with van der Waals surface area (Å²) in [5, 5.41) is 14.2. The fourth-order valence-electron chi connectivity index (χ4n) is 1.63. The van der Waals surface area contributed by atoms with Gasteiger partial charge >= 0.3 is 0 Å². The molecule has 0 amide bonds. The van der Waals surface area contributed by atoms with Gasteiger partial charge in [0.15, 0.2) is 0 Å². The van der Waals surface area contributed by atoms with Crippen LogP contribution >= 0.6 is 11.5 Å². The van der Waals surface area contributed by atoms with Crippen molar-refractivity contribution in [1.29, 1.82) is 0 Å². The molecule has 0 saturated heterocycles. The minimum absolute atomic E-state index is 0.638. The van der Waals surface area contributed by atoms with E-state index in [9.17, 15) is 5.11 Å². The van der Waals surface area contributed by atoms with Gasteiger partial charge in [0.05, 0.1) is 24.8 Å². The van der Waals surface area contributed by atoms with Gasteiger partial charge in [-0.25, -0.2) is 0 Å². The molecule has 5 nitrogen and oxygen atoms in total. The van der Waals surface area contributed by atoms with Crippen LogP contribution in [0.5, 0.6) is 11.5 Å². The molecule has 0 aliphatic rings. The minimum Gasteiger partial charge on any atom is -0.497 e. The highest BCUT2D eigenvalue weighted by molar-refractivity contribution is 7.05. The molecule has 1 aromatic heterocycles. The molecule has 18 heavy (non-hydrogen) atoms. The van der Waals surface area contributed by atoms with Gasteiger partial charge in [0.1, 0.15) is 17.6 Å². The second kappa shape index (κ2) is 5.32. The lowest BCUT2D eigenvalue weighted by Crippen LogP contribution is -2.00. The lowest BCUT2D eigenvalue weighted by molar-refractivity contribution is 0.222. The molecule has 6 heteroatoms. The van der Waals surface area contributed by atoms with Crippen LogP contribution in [0.25, 0.3) is 0 Å². The predicted molar refractivity (Wildman–Crippen MR) is 68.3 cm³/mol. The number of aliphatic hydroxyl groups excluding tert-OH is 1. The summed E-state index contributed by atoms with van der Waals surface area (Å²) in [7, 11) is 3.15. The zero-order valence-electron chi connectivity index (χ0n) is 10.4. The third kappa shape index (κ3) is 2.44. The van der Waals surface area contributed by atoms with E-state index in [-0.39, 0.29) is 0 Å². The van der Waals surface area contributed by atoms with Crippen molar-refractivity contribution in [3.05, 3.63) is 34.3 Å². The van der Waals surface area contributed by atoms with Crippen LogP contribution in [-0.2, 0) is 0 Å². The van der Waals surface area contributed by atoms with Crippen LogP contribution in [-0.4, -0.2) is 28.9 Å². The van der Waals surface area contributed by atoms with Crippen LogP contribution in [0.1, 0.15) is 22.2 Å². The standard InChI is InChI=1S/C12H14N2O3S/c1-7-12(18-14-13-7)11(15)8-4-9(16-2)6-10(5-8)17-3/h4-6,11,15H,1-3H3. The predicted octanol–water partition coefficient (Wildman–Crippen LogP) is 1.95. The summed E-state index contributed by atoms with van der Waals surface area (Å²) in [6, 6.07) is 5.30. The number of ether oxygens (including phenoxy) is 2. The van der Waals surface area contributed by atoms with Gasteiger partial charge in [-0.05, 0) is 36.2 Å². The Hall–Kier alpha value is -1.66. The molecule has 0 bridgehead atoms. The first-order chi connectivity index (χ1) is 8.65. The molecule has 2 rings (SSSR count). The molecule has 0 saturated carbocycles. The van der Waals surface area contributed by atoms with Gasteiger partial charge in [0, 0.05) is 6.07 Å². The lowest BCUT2D eigenvalue weighted by Gasteiger charge is -2.12. The fraction of sp³-hybridized carbons (Fsp3) is 0.333. The van der Waals surface area contributed by atoms with E-state index in [1.165, 1.54) is 11.5 Å². The number of nitrogens with zero attached hydrogens (tertiary/aromatic N) is 2. The first kappa shape index (κ1) is 12.8. The average Bonchev–Trinajstić information content (AvgIpc) is 2.83. The second-order valence-electron chi connectivity index (χ2n) is 3.77. The number of aliphatic hydroxyl groups is 1. The number of benzene rings is 1. The quantitative estimate of drug-likeness (QED) is 0.916. The van der Waals surface area contributed by atoms with Crippen molar-refractivity contribution in [2.45, 2.75) is 13.0 Å². The zero-order valence-corrected chi connectivity index (χ0v) is 11.2. The largest absolute Gasteiger partial charge is 0.497 e. The van der Waals surface area contributed by atoms with E-state index in [2.05, 4.69) is 9.59 Å². The third-order valence-electron chi connectivity index (χ3n) is 2.62. The van der Waals surface area contributed by atoms with E-state index >= 15 is 0 Å². The maximum absolute atomic E-state index is 10.3. The fourth-order valence-corrected chi connectivity index (χ4v) is 2.29. The Kier molecular flexibility index (Phi) is 3.78. The van der Waals surface area contributed by atoms with Crippen molar-refractivity contribution in [2.75, 3.05) is 14.2 Å². The van der Waals surface area contributed by atoms with E-state index in [0.29, 0.717) is 17.1 Å². The van der Waals surface area contributed by atoms with E-state index in [1.54, 1.807) is 32.4 Å². The molecule has 0 aliphatic heterocycles. The van der Waals surface area contributed by atoms with Gasteiger partial charge in [0.2, 0.25) is 0 Å². The Bertz CT molecular complexity index is 520. The van der Waals surface area contributed by atoms with Crippen LogP contribution < -0.4 is 9.47 Å². The van der Waals surface area contributed by atoms with E-state index in [1.807, 2.05) is 6.92 Å². The Morgan fingerprint density at radius 2 is 1.78 bits per heavy atom. The number of aromatic nitrogens is 2. The van der Waals surface area contributed by atoms with Crippen molar-refractivity contribution < 1.29 is 14.6 Å². The summed E-state index contributed by atoms with van der Waals surface area (Å²) in [5.41, 5.74) is 1.43. The molecule has 0 spiro atoms. The summed E-state index contributed by atoms with van der Waals surface area (Å²) in [4.78, 5) is 0.727. The van der Waals surface area contributed by atoms with E-state index in [0.717, 1.165) is 10.6 Å². The topological polar surface area (TPSA) is 64.5 Å². The van der Waals surface area contributed by atoms with Gasteiger partial charge < -0.3 is 14.6 Å². The Balaban J connectivity index is 2.41. The number of aryl methyl sites for hydroxylation is 1. The van der Waals surface area contributed by atoms with Gasteiger partial charge in [-0.2, -0.15) is 0 Å². The van der Waals surface area contributed by atoms with Crippen LogP contribution in [0.15, 0.2) is 18.2 Å². The monoisotopic (exact) mass is 266 g/mol. The average molecular weight is 266 g/mol. The molecule has 1 heterocycles. The first-order valence-corrected chi connectivity index (χ1v) is 6.13. The summed E-state index contributed by atoms with van der Waals surface area (Å²) in [5.74, 6) is 1.28. The number of rotatable bonds is 4. The van der Waals surface area contributed by atoms with Crippen LogP contribution in [0.2, 0.25) is 0 Å². The molecule has 96 valence electrons. The van der Waals surface area contributed by atoms with Crippen LogP contribution in [0, 0.1) is 6.92 Å². The van der Waals surface area contributed by atoms with Crippen molar-refractivity contribution in [3.63, 3.8) is 0 Å². The molecule has 1 unspecified atom stereocenters. The molecule has 1 N–H and O–H groups in total. The van der Waals surface area contributed by atoms with Crippen LogP contribution in [0.4, 0.5) is 0 Å². The summed E-state index contributed by atoms with van der Waals surface area (Å²) in [6.07, 6.45) is -0.769. The molecule has 2 aromatic rings. The third-order valence-corrected chi connectivity index (χ3v) is 3.50. The summed E-state index contributed by atoms with van der Waals surface area (Å²) >= 11 is 1.19. The van der Waals surface area contributed by atoms with Crippen molar-refractivity contribution in [1.82, 2.24) is 9.59 Å². The molecule has 0 aliphatic carbocycles. The highest BCUT2D eigenvalue weighted by Gasteiger charge is 2.18. The SMILES string of the molecule is COc1cc(OC)cc(C(O)c2snnc2C)c1. The van der Waals surface area contributed by atoms with Crippen molar-refractivity contribution in [2.24, 2.45) is 0 Å². The van der Waals surface area contributed by atoms with Gasteiger partial charge in [0.25, 0.3) is 0 Å². The molecular formula is C12H14N2O3S. The molecule has 0 fully saturated rings. The molecule has 1 atom stereocenters. The Morgan fingerprint density at radius 3 is 2.22 bits per heavy atom. The number of hydrogen-bond acceptors (Lipinski definition) is 6. The van der Waals surface area contributed by atoms with Crippen molar-refractivity contribution in [3.8, 4) is 11.5 Å². The van der Waals surface area contributed by atoms with Gasteiger partial charge in [-0.15, -0.1) is 5.10 Å². The van der Waals surface area contributed by atoms with Crippen LogP contribution in [0.3, 0.4) is 0 Å². The first-order valence-electron chi connectivity index (χ1n) is 5.35. The highest BCUT2D eigenvalue weighted by Crippen LogP contribution is 2.31. The number of methoxy groups -OCH3 is 2. The van der Waals surface area contributed by atoms with Gasteiger partial charge in [-0.1, -0.05) is 4.49 Å². The molecule has 0 radical (unpaired) electrons. The Labute approximate surface area is 109 Å². The summed E-state index contributed by atoms with van der Waals surface area (Å²) in [6.45, 7) is 1.82. The molecular weight excluding hydrogens is 252 g/mol. The molecule has 1 aromatic carbocycles.